The van der Waals surface area contributed by atoms with E-state index in [0.717, 1.165) is 36.1 Å². The molecule has 1 aliphatic carbocycles. The molecule has 2 aromatic rings. The molecule has 1 N–H and O–H groups in total. The minimum Gasteiger partial charge on any atom is -0.598 e. The van der Waals surface area contributed by atoms with E-state index in [2.05, 4.69) is 22.9 Å². The Balaban J connectivity index is 1.49. The van der Waals surface area contributed by atoms with E-state index in [0.29, 0.717) is 26.3 Å². The Morgan fingerprint density at radius 1 is 1.03 bits per heavy atom. The van der Waals surface area contributed by atoms with E-state index < -0.39 is 17.0 Å². The normalized spacial score (nSPS) is 19.6. The molecule has 8 heteroatoms. The van der Waals surface area contributed by atoms with Crippen molar-refractivity contribution in [3.05, 3.63) is 64.7 Å². The molecular weight excluding hydrogens is 512 g/mol. The lowest BCUT2D eigenvalue weighted by Crippen LogP contribution is -2.51. The van der Waals surface area contributed by atoms with Gasteiger partial charge in [0.15, 0.2) is 0 Å². The number of nitrogens with zero attached hydrogens (tertiary/aromatic N) is 1. The molecule has 2 aliphatic rings. The van der Waals surface area contributed by atoms with Crippen molar-refractivity contribution in [1.29, 1.82) is 0 Å². The van der Waals surface area contributed by atoms with Gasteiger partial charge < -0.3 is 23.7 Å². The molecule has 0 saturated carbocycles. The van der Waals surface area contributed by atoms with Crippen LogP contribution in [0.3, 0.4) is 0 Å². The summed E-state index contributed by atoms with van der Waals surface area (Å²) in [6.45, 7) is 13.9. The van der Waals surface area contributed by atoms with E-state index in [4.69, 9.17) is 14.2 Å². The maximum absolute atomic E-state index is 13.3. The van der Waals surface area contributed by atoms with E-state index >= 15 is 0 Å². The molecule has 0 aromatic heterocycles. The maximum Gasteiger partial charge on any atom is 0.410 e. The molecule has 2 atom stereocenters. The number of carbonyl (C=O) groups excluding carboxylic acids is 1. The maximum atomic E-state index is 13.3. The van der Waals surface area contributed by atoms with Gasteiger partial charge in [-0.25, -0.2) is 4.79 Å². The van der Waals surface area contributed by atoms with E-state index in [9.17, 15) is 9.35 Å². The van der Waals surface area contributed by atoms with Crippen molar-refractivity contribution in [3.63, 3.8) is 0 Å². The smallest absolute Gasteiger partial charge is 0.410 e. The molecule has 214 valence electrons. The first-order valence-electron chi connectivity index (χ1n) is 13.8. The number of piperidine rings is 1. The van der Waals surface area contributed by atoms with Gasteiger partial charge in [0.1, 0.15) is 16.1 Å². The first-order chi connectivity index (χ1) is 18.3. The zero-order valence-corrected chi connectivity index (χ0v) is 25.3. The standard InChI is InChI=1S/C31H44N2O5S/c1-29(2,3)38-28(34)33-16-14-31(15-17-33)19-24-11-8-23(18-26(24)27(31)32-39(35)30(4,5)6)21-37-20-22-9-12-25(36-7)13-10-22/h8-13,18,27,32H,14-17,19-21H2,1-7H3/t27-,39-/m1/s1. The van der Waals surface area contributed by atoms with Crippen LogP contribution >= 0.6 is 0 Å². The first kappa shape index (κ1) is 29.7. The minimum absolute atomic E-state index is 0.0603. The van der Waals surface area contributed by atoms with Crippen molar-refractivity contribution in [2.45, 2.75) is 90.4 Å². The van der Waals surface area contributed by atoms with Gasteiger partial charge in [0.2, 0.25) is 0 Å². The van der Waals surface area contributed by atoms with Gasteiger partial charge in [-0.15, -0.1) is 4.72 Å². The molecular formula is C31H44N2O5S. The summed E-state index contributed by atoms with van der Waals surface area (Å²) in [5, 5.41) is 0. The number of methoxy groups -OCH3 is 1. The SMILES string of the molecule is COc1ccc(COCc2ccc3c(c2)[C@@H](N[S@+]([O-])C(C)(C)C)C2(CCN(C(=O)OC(C)(C)C)CC2)C3)cc1. The summed E-state index contributed by atoms with van der Waals surface area (Å²) in [6, 6.07) is 14.4. The highest BCUT2D eigenvalue weighted by molar-refractivity contribution is 7.90. The van der Waals surface area contributed by atoms with Gasteiger partial charge in [-0.2, -0.15) is 0 Å². The summed E-state index contributed by atoms with van der Waals surface area (Å²) in [5.74, 6) is 0.828. The highest BCUT2D eigenvalue weighted by Gasteiger charge is 2.51. The van der Waals surface area contributed by atoms with Crippen LogP contribution < -0.4 is 9.46 Å². The zero-order valence-electron chi connectivity index (χ0n) is 24.5. The van der Waals surface area contributed by atoms with E-state index in [1.807, 2.05) is 70.7 Å². The monoisotopic (exact) mass is 556 g/mol. The molecule has 0 radical (unpaired) electrons. The van der Waals surface area contributed by atoms with Gasteiger partial charge in [0.25, 0.3) is 0 Å². The molecule has 7 nitrogen and oxygen atoms in total. The van der Waals surface area contributed by atoms with Crippen molar-refractivity contribution < 1.29 is 23.6 Å². The molecule has 2 aromatic carbocycles. The van der Waals surface area contributed by atoms with Crippen LogP contribution in [0.25, 0.3) is 0 Å². The summed E-state index contributed by atoms with van der Waals surface area (Å²) < 4.78 is 33.4. The van der Waals surface area contributed by atoms with Crippen LogP contribution in [0.1, 0.15) is 82.7 Å². The third-order valence-corrected chi connectivity index (χ3v) is 9.13. The summed E-state index contributed by atoms with van der Waals surface area (Å²) in [6.07, 6.45) is 2.29. The first-order valence-corrected chi connectivity index (χ1v) is 14.9. The lowest BCUT2D eigenvalue weighted by molar-refractivity contribution is 0.00715. The number of amides is 1. The Hall–Kier alpha value is -2.26. The van der Waals surface area contributed by atoms with Crippen molar-refractivity contribution in [1.82, 2.24) is 9.62 Å². The molecule has 1 amide bonds. The predicted molar refractivity (Wildman–Crippen MR) is 155 cm³/mol. The average molecular weight is 557 g/mol. The van der Waals surface area contributed by atoms with Crippen LogP contribution in [0.15, 0.2) is 42.5 Å². The fourth-order valence-corrected chi connectivity index (χ4v) is 6.33. The summed E-state index contributed by atoms with van der Waals surface area (Å²) >= 11 is -1.23. The topological polar surface area (TPSA) is 83.1 Å². The molecule has 0 bridgehead atoms. The number of carbonyl (C=O) groups is 1. The lowest BCUT2D eigenvalue weighted by Gasteiger charge is -2.43. The average Bonchev–Trinajstić information content (AvgIpc) is 3.15. The van der Waals surface area contributed by atoms with Crippen molar-refractivity contribution >= 4 is 17.5 Å². The van der Waals surface area contributed by atoms with Crippen LogP contribution in [0.4, 0.5) is 4.79 Å². The molecule has 4 rings (SSSR count). The van der Waals surface area contributed by atoms with Gasteiger partial charge >= 0.3 is 6.09 Å². The third-order valence-electron chi connectivity index (χ3n) is 7.56. The molecule has 1 spiro atoms. The number of rotatable bonds is 7. The predicted octanol–water partition coefficient (Wildman–Crippen LogP) is 6.08. The van der Waals surface area contributed by atoms with Crippen molar-refractivity contribution in [2.24, 2.45) is 5.41 Å². The van der Waals surface area contributed by atoms with Gasteiger partial charge in [-0.05, 0) is 95.2 Å². The van der Waals surface area contributed by atoms with Crippen LogP contribution in [0.2, 0.25) is 0 Å². The summed E-state index contributed by atoms with van der Waals surface area (Å²) in [7, 11) is 1.66. The highest BCUT2D eigenvalue weighted by atomic mass is 32.2. The quantitative estimate of drug-likeness (QED) is 0.416. The van der Waals surface area contributed by atoms with Gasteiger partial charge in [-0.1, -0.05) is 30.3 Å². The number of fused-ring (bicyclic) bond motifs is 1. The summed E-state index contributed by atoms with van der Waals surface area (Å²) in [4.78, 5) is 14.5. The second-order valence-corrected chi connectivity index (χ2v) is 14.8. The number of likely N-dealkylation sites (tertiary alicyclic amines) is 1. The van der Waals surface area contributed by atoms with Gasteiger partial charge in [0.05, 0.1) is 26.4 Å². The zero-order chi connectivity index (χ0) is 28.4. The third kappa shape index (κ3) is 7.28. The van der Waals surface area contributed by atoms with E-state index in [1.54, 1.807) is 7.11 Å². The molecule has 1 aliphatic heterocycles. The fourth-order valence-electron chi connectivity index (χ4n) is 5.38. The largest absolute Gasteiger partial charge is 0.598 e. The van der Waals surface area contributed by atoms with Crippen LogP contribution in [0.5, 0.6) is 5.75 Å². The molecule has 1 saturated heterocycles. The second-order valence-electron chi connectivity index (χ2n) is 12.8. The number of benzene rings is 2. The molecule has 39 heavy (non-hydrogen) atoms. The Kier molecular flexibility index (Phi) is 8.91. The lowest BCUT2D eigenvalue weighted by atomic mass is 9.73. The Morgan fingerprint density at radius 2 is 1.64 bits per heavy atom. The van der Waals surface area contributed by atoms with Gasteiger partial charge in [0, 0.05) is 29.9 Å². The Bertz CT molecular complexity index is 1130. The van der Waals surface area contributed by atoms with Gasteiger partial charge in [-0.3, -0.25) is 0 Å². The number of ether oxygens (including phenoxy) is 3. The number of hydrogen-bond acceptors (Lipinski definition) is 6. The van der Waals surface area contributed by atoms with Crippen LogP contribution in [-0.4, -0.2) is 46.1 Å². The van der Waals surface area contributed by atoms with E-state index in [-0.39, 0.29) is 22.3 Å². The molecule has 1 fully saturated rings. The second kappa shape index (κ2) is 11.7. The number of nitrogens with one attached hydrogen (secondary N) is 1. The van der Waals surface area contributed by atoms with Crippen LogP contribution in [0, 0.1) is 5.41 Å². The van der Waals surface area contributed by atoms with Crippen LogP contribution in [-0.2, 0) is 40.5 Å². The highest BCUT2D eigenvalue weighted by Crippen LogP contribution is 2.53. The molecule has 1 heterocycles. The Morgan fingerprint density at radius 3 is 2.23 bits per heavy atom. The van der Waals surface area contributed by atoms with Crippen molar-refractivity contribution in [3.8, 4) is 5.75 Å². The minimum atomic E-state index is -1.23. The molecule has 0 unspecified atom stereocenters. The van der Waals surface area contributed by atoms with E-state index in [1.165, 1.54) is 11.1 Å². The number of hydrogen-bond donors (Lipinski definition) is 1. The Labute approximate surface area is 236 Å². The fraction of sp³-hybridized carbons (Fsp3) is 0.581. The van der Waals surface area contributed by atoms with Crippen molar-refractivity contribution in [2.75, 3.05) is 20.2 Å². The summed E-state index contributed by atoms with van der Waals surface area (Å²) in [5.41, 5.74) is 4.04.